The molecule has 4 aromatic heterocycles. The number of nitrogens with one attached hydrogen (secondary N) is 4. The molecule has 24 heteroatoms. The molecule has 374 valence electrons. The highest BCUT2D eigenvalue weighted by atomic mass is 31.2. The van der Waals surface area contributed by atoms with E-state index in [1.54, 1.807) is 36.8 Å². The fourth-order valence-electron chi connectivity index (χ4n) is 9.94. The molecule has 2 saturated carbocycles. The van der Waals surface area contributed by atoms with Gasteiger partial charge in [0.25, 0.3) is 19.6 Å². The number of amides is 2. The zero-order valence-electron chi connectivity index (χ0n) is 40.6. The second kappa shape index (κ2) is 18.1. The average molecular weight is 979 g/mol. The van der Waals surface area contributed by atoms with Crippen LogP contribution >= 0.6 is 8.53 Å². The number of hydrogen-bond donors (Lipinski definition) is 5. The van der Waals surface area contributed by atoms with Crippen molar-refractivity contribution in [1.82, 2.24) is 43.7 Å². The van der Waals surface area contributed by atoms with E-state index in [4.69, 9.17) is 33.3 Å². The number of aromatic nitrogens is 8. The van der Waals surface area contributed by atoms with Crippen molar-refractivity contribution in [3.8, 4) is 6.07 Å². The van der Waals surface area contributed by atoms with Crippen molar-refractivity contribution in [1.29, 1.82) is 5.26 Å². The summed E-state index contributed by atoms with van der Waals surface area (Å²) in [5.41, 5.74) is -1.88. The first kappa shape index (κ1) is 49.2. The maximum Gasteiger partial charge on any atom is 0.280 e. The number of carbonyl (C=O) groups excluding carboxylic acids is 2. The van der Waals surface area contributed by atoms with E-state index in [0.29, 0.717) is 13.2 Å². The standard InChI is InChI=1S/C27H40N7O6P.C18H23N5O5/c1-15(2)22(35)31-25-30-21-18(23(36)32-25)29-14-33(21)24-19-20(27(39-24,13-37-19)26(7)9-10-26)40-41(38-12-8-11-28)34(16(3)4)17(5)6;1-8(2)13(25)21-16-20-12-9(14(26)22-16)19-7-23(12)15-10-11(24)18(28-15,6-27-10)17(3)4-5-17/h14-17,19-20,24H,8-10,12-13H2,1-7H3,(H2,30,31,32,35,36);7-8,10-11,15,24H,4-6H2,1-3H3,(H2,20,21,22,25,26)/t19?,20-,24-,27+,41?;10?,11-,15-,18+/m11/s1. The molecular formula is C45H63N12O11P. The minimum atomic E-state index is -1.55. The van der Waals surface area contributed by atoms with Crippen LogP contribution in [0.3, 0.4) is 0 Å². The summed E-state index contributed by atoms with van der Waals surface area (Å²) in [6, 6.07) is 2.42. The summed E-state index contributed by atoms with van der Waals surface area (Å²) in [6.45, 7) is 20.7. The zero-order valence-corrected chi connectivity index (χ0v) is 41.5. The van der Waals surface area contributed by atoms with Crippen LogP contribution in [0, 0.1) is 34.0 Å². The highest BCUT2D eigenvalue weighted by Crippen LogP contribution is 2.67. The summed E-state index contributed by atoms with van der Waals surface area (Å²) in [7, 11) is -1.55. The zero-order chi connectivity index (χ0) is 49.5. The Bertz CT molecular complexity index is 2770. The van der Waals surface area contributed by atoms with Crippen molar-refractivity contribution < 1.29 is 42.7 Å². The highest BCUT2D eigenvalue weighted by Gasteiger charge is 2.74. The molecule has 0 aromatic carbocycles. The van der Waals surface area contributed by atoms with Crippen LogP contribution in [0.15, 0.2) is 22.2 Å². The summed E-state index contributed by atoms with van der Waals surface area (Å²) in [5.74, 6) is -0.987. The van der Waals surface area contributed by atoms with Gasteiger partial charge in [-0.25, -0.2) is 14.6 Å². The van der Waals surface area contributed by atoms with Crippen LogP contribution in [0.2, 0.25) is 0 Å². The van der Waals surface area contributed by atoms with Crippen LogP contribution in [0.25, 0.3) is 22.3 Å². The van der Waals surface area contributed by atoms with Crippen LogP contribution in [0.1, 0.15) is 114 Å². The van der Waals surface area contributed by atoms with Crippen LogP contribution in [0.4, 0.5) is 11.9 Å². The Kier molecular flexibility index (Phi) is 12.9. The second-order valence-electron chi connectivity index (χ2n) is 20.8. The summed E-state index contributed by atoms with van der Waals surface area (Å²) >= 11 is 0. The number of aliphatic hydroxyl groups excluding tert-OH is 1. The molecule has 4 aromatic rings. The van der Waals surface area contributed by atoms with E-state index in [1.807, 2.05) is 0 Å². The molecule has 4 aliphatic heterocycles. The molecule has 8 heterocycles. The number of rotatable bonds is 16. The van der Waals surface area contributed by atoms with Gasteiger partial charge in [-0.15, -0.1) is 0 Å². The quantitative estimate of drug-likeness (QED) is 0.0769. The molecule has 2 aliphatic carbocycles. The van der Waals surface area contributed by atoms with E-state index in [-0.39, 0.29) is 93.8 Å². The number of nitrogens with zero attached hydrogens (tertiary/aromatic N) is 8. The number of fused-ring (bicyclic) bond motifs is 6. The van der Waals surface area contributed by atoms with Crippen molar-refractivity contribution in [2.75, 3.05) is 30.5 Å². The highest BCUT2D eigenvalue weighted by molar-refractivity contribution is 7.44. The van der Waals surface area contributed by atoms with Crippen LogP contribution in [-0.2, 0) is 37.6 Å². The maximum atomic E-state index is 12.8. The number of imidazole rings is 2. The van der Waals surface area contributed by atoms with E-state index < -0.39 is 67.7 Å². The number of anilines is 2. The molecule has 6 fully saturated rings. The Morgan fingerprint density at radius 3 is 1.77 bits per heavy atom. The summed E-state index contributed by atoms with van der Waals surface area (Å²) in [5, 5.41) is 25.3. The van der Waals surface area contributed by atoms with Gasteiger partial charge >= 0.3 is 0 Å². The maximum absolute atomic E-state index is 12.8. The van der Waals surface area contributed by atoms with Crippen molar-refractivity contribution >= 4 is 54.6 Å². The summed E-state index contributed by atoms with van der Waals surface area (Å²) in [6.07, 6.45) is 3.51. The van der Waals surface area contributed by atoms with E-state index in [2.05, 4.69) is 92.8 Å². The first-order chi connectivity index (χ1) is 32.7. The number of aromatic amines is 2. The smallest absolute Gasteiger partial charge is 0.280 e. The number of carbonyl (C=O) groups is 2. The van der Waals surface area contributed by atoms with Gasteiger partial charge in [-0.2, -0.15) is 15.2 Å². The molecule has 3 unspecified atom stereocenters. The lowest BCUT2D eigenvalue weighted by molar-refractivity contribution is -0.196. The van der Waals surface area contributed by atoms with Crippen LogP contribution < -0.4 is 21.8 Å². The van der Waals surface area contributed by atoms with Gasteiger partial charge in [0, 0.05) is 34.7 Å². The van der Waals surface area contributed by atoms with E-state index in [9.17, 15) is 24.3 Å². The third-order valence-corrected chi connectivity index (χ3v) is 16.7. The second-order valence-corrected chi connectivity index (χ2v) is 22.2. The lowest BCUT2D eigenvalue weighted by Crippen LogP contribution is -2.49. The van der Waals surface area contributed by atoms with E-state index >= 15 is 0 Å². The number of H-pyrrole nitrogens is 2. The first-order valence-corrected chi connectivity index (χ1v) is 24.9. The molecular weight excluding hydrogens is 916 g/mol. The number of nitriles is 1. The molecule has 69 heavy (non-hydrogen) atoms. The van der Waals surface area contributed by atoms with Gasteiger partial charge in [-0.1, -0.05) is 41.5 Å². The number of aliphatic hydroxyl groups is 1. The Labute approximate surface area is 399 Å². The lowest BCUT2D eigenvalue weighted by atomic mass is 9.83. The fourth-order valence-corrected chi connectivity index (χ4v) is 11.7. The minimum Gasteiger partial charge on any atom is -0.387 e. The van der Waals surface area contributed by atoms with Crippen LogP contribution in [0.5, 0.6) is 0 Å². The Hall–Kier alpha value is -4.76. The van der Waals surface area contributed by atoms with Gasteiger partial charge in [-0.05, 0) is 53.4 Å². The minimum absolute atomic E-state index is 0.0441. The first-order valence-electron chi connectivity index (χ1n) is 23.8. The van der Waals surface area contributed by atoms with Crippen LogP contribution in [-0.4, -0.2) is 128 Å². The Balaban J connectivity index is 0.000000184. The predicted molar refractivity (Wildman–Crippen MR) is 249 cm³/mol. The topological polar surface area (TPSA) is 288 Å². The monoisotopic (exact) mass is 978 g/mol. The van der Waals surface area contributed by atoms with Gasteiger partial charge in [0.1, 0.15) is 35.6 Å². The molecule has 9 atom stereocenters. The Morgan fingerprint density at radius 1 is 0.826 bits per heavy atom. The van der Waals surface area contributed by atoms with Gasteiger partial charge < -0.3 is 33.1 Å². The molecule has 10 rings (SSSR count). The average Bonchev–Trinajstić information content (AvgIpc) is 3.79. The molecule has 6 aliphatic rings. The van der Waals surface area contributed by atoms with Crippen molar-refractivity contribution in [2.45, 2.75) is 161 Å². The SMILES string of the molecule is CC(C)C(=O)Nc1nc2c(ncn2[C@@H]2O[C@@]3(C4(C)CC4)COC2[C@H]3O)c(=O)[nH]1.CC(C)C(=O)Nc1nc2c(ncn2[C@@H]2O[C@@]3(C4(C)CC4)COC2[C@H]3OP(OCCC#N)N(C(C)C)C(C)C)c(=O)[nH]1. The Morgan fingerprint density at radius 2 is 1.29 bits per heavy atom. The number of hydrogen-bond acceptors (Lipinski definition) is 17. The summed E-state index contributed by atoms with van der Waals surface area (Å²) in [4.78, 5) is 72.0. The predicted octanol–water partition coefficient (Wildman–Crippen LogP) is 4.38. The van der Waals surface area contributed by atoms with Gasteiger partial charge in [-0.3, -0.25) is 48.9 Å². The third-order valence-electron chi connectivity index (χ3n) is 14.6. The largest absolute Gasteiger partial charge is 0.387 e. The van der Waals surface area contributed by atoms with E-state index in [0.717, 1.165) is 25.7 Å². The molecule has 5 N–H and O–H groups in total. The number of ether oxygens (including phenoxy) is 4. The molecule has 23 nitrogen and oxygen atoms in total. The fraction of sp³-hybridized carbons (Fsp3) is 0.711. The summed E-state index contributed by atoms with van der Waals surface area (Å²) < 4.78 is 44.1. The van der Waals surface area contributed by atoms with Crippen molar-refractivity contribution in [2.24, 2.45) is 22.7 Å². The lowest BCUT2D eigenvalue weighted by Gasteiger charge is -2.40. The molecule has 0 spiro atoms. The van der Waals surface area contributed by atoms with Crippen molar-refractivity contribution in [3.63, 3.8) is 0 Å². The van der Waals surface area contributed by atoms with Gasteiger partial charge in [0.05, 0.1) is 45.0 Å². The molecule has 2 amide bonds. The molecule has 0 radical (unpaired) electrons. The van der Waals surface area contributed by atoms with Gasteiger partial charge in [0.2, 0.25) is 23.7 Å². The molecule has 4 saturated heterocycles. The van der Waals surface area contributed by atoms with E-state index in [1.165, 1.54) is 12.7 Å². The third kappa shape index (κ3) is 8.38. The normalized spacial score (nSPS) is 29.6. The van der Waals surface area contributed by atoms with Crippen molar-refractivity contribution in [3.05, 3.63) is 33.4 Å². The van der Waals surface area contributed by atoms with Gasteiger partial charge in [0.15, 0.2) is 34.8 Å². The molecule has 4 bridgehead atoms.